The molecule has 0 bridgehead atoms. The second kappa shape index (κ2) is 8.74. The molecule has 5 heteroatoms. The first-order chi connectivity index (χ1) is 13.5. The van der Waals surface area contributed by atoms with Crippen LogP contribution in [0.5, 0.6) is 5.75 Å². The van der Waals surface area contributed by atoms with Gasteiger partial charge < -0.3 is 14.5 Å². The zero-order chi connectivity index (χ0) is 20.1. The fraction of sp³-hybridized carbons (Fsp3) is 0.304. The summed E-state index contributed by atoms with van der Waals surface area (Å²) in [5.41, 5.74) is 3.83. The molecule has 1 saturated heterocycles. The summed E-state index contributed by atoms with van der Waals surface area (Å²) in [6.45, 7) is 6.18. The summed E-state index contributed by atoms with van der Waals surface area (Å²) in [4.78, 5) is 28.8. The van der Waals surface area contributed by atoms with Crippen molar-refractivity contribution in [3.05, 3.63) is 70.8 Å². The van der Waals surface area contributed by atoms with E-state index in [1.165, 1.54) is 0 Å². The van der Waals surface area contributed by atoms with Crippen LogP contribution in [0.15, 0.2) is 48.5 Å². The van der Waals surface area contributed by atoms with Crippen LogP contribution in [-0.2, 0) is 4.79 Å². The maximum absolute atomic E-state index is 12.7. The average Bonchev–Trinajstić information content (AvgIpc) is 2.71. The van der Waals surface area contributed by atoms with E-state index >= 15 is 0 Å². The molecular weight excluding hydrogens is 352 g/mol. The summed E-state index contributed by atoms with van der Waals surface area (Å²) in [6.07, 6.45) is 3.39. The Morgan fingerprint density at radius 3 is 2.04 bits per heavy atom. The number of amides is 2. The lowest BCUT2D eigenvalue weighted by atomic mass is 10.1. The lowest BCUT2D eigenvalue weighted by Crippen LogP contribution is -2.50. The molecule has 2 aromatic carbocycles. The number of piperazine rings is 1. The normalized spacial score (nSPS) is 14.4. The summed E-state index contributed by atoms with van der Waals surface area (Å²) >= 11 is 0. The SMILES string of the molecule is COc1ccc(/C=C/C(=O)N2CCN(C(=O)c3cc(C)cc(C)c3)CC2)cc1. The van der Waals surface area contributed by atoms with Crippen LogP contribution in [0.2, 0.25) is 0 Å². The lowest BCUT2D eigenvalue weighted by molar-refractivity contribution is -0.127. The van der Waals surface area contributed by atoms with Crippen LogP contribution in [0.3, 0.4) is 0 Å². The largest absolute Gasteiger partial charge is 0.497 e. The zero-order valence-electron chi connectivity index (χ0n) is 16.6. The number of carbonyl (C=O) groups excluding carboxylic acids is 2. The number of hydrogen-bond donors (Lipinski definition) is 0. The van der Waals surface area contributed by atoms with Crippen molar-refractivity contribution in [2.75, 3.05) is 33.3 Å². The molecule has 3 rings (SSSR count). The van der Waals surface area contributed by atoms with Crippen molar-refractivity contribution in [3.63, 3.8) is 0 Å². The van der Waals surface area contributed by atoms with Crippen LogP contribution >= 0.6 is 0 Å². The molecule has 2 aromatic rings. The van der Waals surface area contributed by atoms with Gasteiger partial charge in [-0.1, -0.05) is 29.3 Å². The first-order valence-corrected chi connectivity index (χ1v) is 9.45. The molecule has 1 aliphatic heterocycles. The third kappa shape index (κ3) is 4.80. The number of methoxy groups -OCH3 is 1. The minimum absolute atomic E-state index is 0.0330. The molecule has 1 aliphatic rings. The molecular formula is C23H26N2O3. The van der Waals surface area contributed by atoms with E-state index in [2.05, 4.69) is 6.07 Å². The van der Waals surface area contributed by atoms with Gasteiger partial charge in [-0.25, -0.2) is 0 Å². The number of ether oxygens (including phenoxy) is 1. The van der Waals surface area contributed by atoms with Gasteiger partial charge in [-0.3, -0.25) is 9.59 Å². The van der Waals surface area contributed by atoms with Gasteiger partial charge in [0.05, 0.1) is 7.11 Å². The molecule has 146 valence electrons. The molecule has 0 aromatic heterocycles. The van der Waals surface area contributed by atoms with Crippen molar-refractivity contribution >= 4 is 17.9 Å². The Kier molecular flexibility index (Phi) is 6.14. The van der Waals surface area contributed by atoms with Crippen LogP contribution in [0.25, 0.3) is 6.08 Å². The lowest BCUT2D eigenvalue weighted by Gasteiger charge is -2.34. The van der Waals surface area contributed by atoms with Crippen molar-refractivity contribution in [2.45, 2.75) is 13.8 Å². The molecule has 1 heterocycles. The Bertz CT molecular complexity index is 859. The minimum Gasteiger partial charge on any atom is -0.497 e. The van der Waals surface area contributed by atoms with Gasteiger partial charge in [0.2, 0.25) is 5.91 Å². The van der Waals surface area contributed by atoms with E-state index in [-0.39, 0.29) is 11.8 Å². The monoisotopic (exact) mass is 378 g/mol. The zero-order valence-corrected chi connectivity index (χ0v) is 16.6. The molecule has 5 nitrogen and oxygen atoms in total. The minimum atomic E-state index is -0.0330. The highest BCUT2D eigenvalue weighted by molar-refractivity contribution is 5.95. The Labute approximate surface area is 166 Å². The van der Waals surface area contributed by atoms with Gasteiger partial charge in [0.15, 0.2) is 0 Å². The fourth-order valence-electron chi connectivity index (χ4n) is 3.40. The van der Waals surface area contributed by atoms with Gasteiger partial charge in [-0.2, -0.15) is 0 Å². The summed E-state index contributed by atoms with van der Waals surface area (Å²) in [5, 5.41) is 0. The van der Waals surface area contributed by atoms with E-state index < -0.39 is 0 Å². The quantitative estimate of drug-likeness (QED) is 0.767. The molecule has 0 radical (unpaired) electrons. The van der Waals surface area contributed by atoms with Gasteiger partial charge in [0.1, 0.15) is 5.75 Å². The number of rotatable bonds is 4. The van der Waals surface area contributed by atoms with Gasteiger partial charge in [-0.15, -0.1) is 0 Å². The van der Waals surface area contributed by atoms with Crippen molar-refractivity contribution in [1.29, 1.82) is 0 Å². The summed E-state index contributed by atoms with van der Waals surface area (Å²) in [5.74, 6) is 0.787. The molecule has 0 aliphatic carbocycles. The third-order valence-electron chi connectivity index (χ3n) is 4.88. The fourth-order valence-corrected chi connectivity index (χ4v) is 3.40. The molecule has 0 N–H and O–H groups in total. The Balaban J connectivity index is 1.56. The number of benzene rings is 2. The summed E-state index contributed by atoms with van der Waals surface area (Å²) in [6, 6.07) is 13.4. The van der Waals surface area contributed by atoms with Crippen molar-refractivity contribution in [2.24, 2.45) is 0 Å². The molecule has 0 spiro atoms. The number of aryl methyl sites for hydroxylation is 2. The molecule has 1 fully saturated rings. The predicted molar refractivity (Wildman–Crippen MR) is 110 cm³/mol. The Morgan fingerprint density at radius 2 is 1.46 bits per heavy atom. The van der Waals surface area contributed by atoms with Crippen molar-refractivity contribution < 1.29 is 14.3 Å². The van der Waals surface area contributed by atoms with E-state index in [4.69, 9.17) is 4.74 Å². The van der Waals surface area contributed by atoms with E-state index in [0.717, 1.165) is 28.0 Å². The van der Waals surface area contributed by atoms with Crippen LogP contribution in [0.4, 0.5) is 0 Å². The van der Waals surface area contributed by atoms with Gasteiger partial charge in [0.25, 0.3) is 5.91 Å². The third-order valence-corrected chi connectivity index (χ3v) is 4.88. The number of nitrogens with zero attached hydrogens (tertiary/aromatic N) is 2. The molecule has 0 atom stereocenters. The highest BCUT2D eigenvalue weighted by Crippen LogP contribution is 2.15. The van der Waals surface area contributed by atoms with Crippen molar-refractivity contribution in [3.8, 4) is 5.75 Å². The van der Waals surface area contributed by atoms with Gasteiger partial charge >= 0.3 is 0 Å². The van der Waals surface area contributed by atoms with E-state index in [9.17, 15) is 9.59 Å². The maximum Gasteiger partial charge on any atom is 0.253 e. The van der Waals surface area contributed by atoms with Crippen LogP contribution in [0.1, 0.15) is 27.0 Å². The smallest absolute Gasteiger partial charge is 0.253 e. The molecule has 28 heavy (non-hydrogen) atoms. The van der Waals surface area contributed by atoms with Crippen LogP contribution in [-0.4, -0.2) is 54.9 Å². The summed E-state index contributed by atoms with van der Waals surface area (Å²) in [7, 11) is 1.62. The standard InChI is InChI=1S/C23H26N2O3/c1-17-14-18(2)16-20(15-17)23(27)25-12-10-24(11-13-25)22(26)9-6-19-4-7-21(28-3)8-5-19/h4-9,14-16H,10-13H2,1-3H3/b9-6+. The van der Waals surface area contributed by atoms with Crippen LogP contribution < -0.4 is 4.74 Å². The number of hydrogen-bond acceptors (Lipinski definition) is 3. The average molecular weight is 378 g/mol. The Hall–Kier alpha value is -3.08. The summed E-state index contributed by atoms with van der Waals surface area (Å²) < 4.78 is 5.13. The van der Waals surface area contributed by atoms with Gasteiger partial charge in [0, 0.05) is 37.8 Å². The maximum atomic E-state index is 12.7. The molecule has 0 unspecified atom stereocenters. The van der Waals surface area contributed by atoms with Gasteiger partial charge in [-0.05, 0) is 49.8 Å². The molecule has 0 saturated carbocycles. The first-order valence-electron chi connectivity index (χ1n) is 9.45. The first kappa shape index (κ1) is 19.7. The van der Waals surface area contributed by atoms with Crippen molar-refractivity contribution in [1.82, 2.24) is 9.80 Å². The van der Waals surface area contributed by atoms with Crippen LogP contribution in [0, 0.1) is 13.8 Å². The van der Waals surface area contributed by atoms with E-state index in [1.54, 1.807) is 24.2 Å². The van der Waals surface area contributed by atoms with E-state index in [0.29, 0.717) is 26.2 Å². The predicted octanol–water partition coefficient (Wildman–Crippen LogP) is 3.31. The highest BCUT2D eigenvalue weighted by Gasteiger charge is 2.24. The molecule has 2 amide bonds. The highest BCUT2D eigenvalue weighted by atomic mass is 16.5. The topological polar surface area (TPSA) is 49.9 Å². The Morgan fingerprint density at radius 1 is 0.893 bits per heavy atom. The number of carbonyl (C=O) groups is 2. The van der Waals surface area contributed by atoms with E-state index in [1.807, 2.05) is 55.1 Å². The second-order valence-corrected chi connectivity index (χ2v) is 7.10. The second-order valence-electron chi connectivity index (χ2n) is 7.10.